The monoisotopic (exact) mass is 310 g/mol. The molecule has 1 aliphatic carbocycles. The van der Waals surface area contributed by atoms with E-state index < -0.39 is 0 Å². The maximum atomic E-state index is 13.2. The summed E-state index contributed by atoms with van der Waals surface area (Å²) in [4.78, 5) is 2.39. The molecule has 23 heavy (non-hydrogen) atoms. The maximum absolute atomic E-state index is 13.2. The Morgan fingerprint density at radius 1 is 1.04 bits per heavy atom. The zero-order valence-electron chi connectivity index (χ0n) is 13.3. The number of nitrogens with one attached hydrogen (secondary N) is 1. The van der Waals surface area contributed by atoms with Crippen molar-refractivity contribution in [2.45, 2.75) is 24.9 Å². The van der Waals surface area contributed by atoms with Gasteiger partial charge in [0, 0.05) is 38.1 Å². The lowest BCUT2D eigenvalue weighted by Gasteiger charge is -2.39. The Kier molecular flexibility index (Phi) is 4.15. The summed E-state index contributed by atoms with van der Waals surface area (Å²) >= 11 is 0. The molecule has 0 amide bonds. The third-order valence-corrected chi connectivity index (χ3v) is 5.01. The van der Waals surface area contributed by atoms with E-state index in [0.29, 0.717) is 12.0 Å². The molecule has 0 radical (unpaired) electrons. The molecule has 0 unspecified atom stereocenters. The number of nitrogens with zero attached hydrogens (tertiary/aromatic N) is 1. The van der Waals surface area contributed by atoms with Crippen molar-refractivity contribution in [3.63, 3.8) is 0 Å². The Bertz CT molecular complexity index is 652. The molecule has 1 aliphatic heterocycles. The van der Waals surface area contributed by atoms with Crippen molar-refractivity contribution in [3.05, 3.63) is 71.5 Å². The molecule has 2 fully saturated rings. The molecule has 1 N–H and O–H groups in total. The average molecular weight is 310 g/mol. The highest BCUT2D eigenvalue weighted by atomic mass is 19.1. The highest BCUT2D eigenvalue weighted by molar-refractivity contribution is 5.27. The second-order valence-electron chi connectivity index (χ2n) is 6.96. The fourth-order valence-electron chi connectivity index (χ4n) is 3.64. The molecule has 4 rings (SSSR count). The Hall–Kier alpha value is -1.71. The van der Waals surface area contributed by atoms with E-state index in [9.17, 15) is 4.39 Å². The molecule has 120 valence electrons. The van der Waals surface area contributed by atoms with E-state index in [-0.39, 0.29) is 5.82 Å². The van der Waals surface area contributed by atoms with Crippen LogP contribution in [-0.4, -0.2) is 30.6 Å². The predicted octanol–water partition coefficient (Wildman–Crippen LogP) is 3.40. The fourth-order valence-corrected chi connectivity index (χ4v) is 3.64. The summed E-state index contributed by atoms with van der Waals surface area (Å²) in [6.45, 7) is 4.20. The SMILES string of the molecule is Fc1cccc(CN2CC(CN[C@@H]3C[C@H]3c3ccccc3)C2)c1. The lowest BCUT2D eigenvalue weighted by molar-refractivity contribution is 0.0913. The van der Waals surface area contributed by atoms with Crippen LogP contribution in [0.2, 0.25) is 0 Å². The van der Waals surface area contributed by atoms with Gasteiger partial charge in [0.25, 0.3) is 0 Å². The summed E-state index contributed by atoms with van der Waals surface area (Å²) in [5, 5.41) is 3.71. The van der Waals surface area contributed by atoms with Crippen molar-refractivity contribution < 1.29 is 4.39 Å². The minimum atomic E-state index is -0.137. The van der Waals surface area contributed by atoms with Gasteiger partial charge in [-0.3, -0.25) is 4.90 Å². The predicted molar refractivity (Wildman–Crippen MR) is 90.8 cm³/mol. The molecule has 0 bridgehead atoms. The van der Waals surface area contributed by atoms with Gasteiger partial charge >= 0.3 is 0 Å². The van der Waals surface area contributed by atoms with E-state index in [1.807, 2.05) is 6.07 Å². The minimum absolute atomic E-state index is 0.137. The number of halogens is 1. The van der Waals surface area contributed by atoms with Gasteiger partial charge in [0.2, 0.25) is 0 Å². The fraction of sp³-hybridized carbons (Fsp3) is 0.400. The van der Waals surface area contributed by atoms with Crippen molar-refractivity contribution in [2.24, 2.45) is 5.92 Å². The standard InChI is InChI=1S/C20H23FN2/c21-18-8-4-5-15(9-18)12-23-13-16(14-23)11-22-20-10-19(20)17-6-2-1-3-7-17/h1-9,16,19-20,22H,10-14H2/t19-,20+/m0/s1. The first kappa shape index (κ1) is 14.9. The molecule has 0 aromatic heterocycles. The van der Waals surface area contributed by atoms with Crippen LogP contribution in [0.5, 0.6) is 0 Å². The van der Waals surface area contributed by atoms with Gasteiger partial charge in [-0.1, -0.05) is 42.5 Å². The van der Waals surface area contributed by atoms with Gasteiger partial charge < -0.3 is 5.32 Å². The van der Waals surface area contributed by atoms with Crippen LogP contribution in [0, 0.1) is 11.7 Å². The number of benzene rings is 2. The van der Waals surface area contributed by atoms with Gasteiger partial charge in [0.05, 0.1) is 0 Å². The van der Waals surface area contributed by atoms with Crippen LogP contribution in [0.3, 0.4) is 0 Å². The van der Waals surface area contributed by atoms with Crippen LogP contribution >= 0.6 is 0 Å². The van der Waals surface area contributed by atoms with E-state index in [4.69, 9.17) is 0 Å². The molecule has 2 nitrogen and oxygen atoms in total. The van der Waals surface area contributed by atoms with Gasteiger partial charge in [-0.15, -0.1) is 0 Å². The van der Waals surface area contributed by atoms with Crippen molar-refractivity contribution in [2.75, 3.05) is 19.6 Å². The van der Waals surface area contributed by atoms with Crippen LogP contribution in [0.15, 0.2) is 54.6 Å². The molecular weight excluding hydrogens is 287 g/mol. The summed E-state index contributed by atoms with van der Waals surface area (Å²) in [6, 6.07) is 18.4. The zero-order valence-corrected chi connectivity index (χ0v) is 13.3. The Labute approximate surface area is 137 Å². The Morgan fingerprint density at radius 2 is 1.87 bits per heavy atom. The second kappa shape index (κ2) is 6.42. The molecule has 3 heteroatoms. The highest BCUT2D eigenvalue weighted by Gasteiger charge is 2.38. The van der Waals surface area contributed by atoms with Crippen LogP contribution in [0.25, 0.3) is 0 Å². The van der Waals surface area contributed by atoms with Crippen molar-refractivity contribution >= 4 is 0 Å². The molecule has 2 atom stereocenters. The maximum Gasteiger partial charge on any atom is 0.123 e. The lowest BCUT2D eigenvalue weighted by atomic mass is 9.99. The number of likely N-dealkylation sites (tertiary alicyclic amines) is 1. The number of hydrogen-bond acceptors (Lipinski definition) is 2. The topological polar surface area (TPSA) is 15.3 Å². The summed E-state index contributed by atoms with van der Waals surface area (Å²) in [5.74, 6) is 1.31. The molecule has 1 saturated carbocycles. The third-order valence-electron chi connectivity index (χ3n) is 5.01. The van der Waals surface area contributed by atoms with Crippen LogP contribution < -0.4 is 5.32 Å². The molecular formula is C20H23FN2. The molecule has 2 aromatic carbocycles. The van der Waals surface area contributed by atoms with E-state index >= 15 is 0 Å². The molecule has 2 aromatic rings. The van der Waals surface area contributed by atoms with E-state index in [0.717, 1.165) is 37.7 Å². The molecule has 1 saturated heterocycles. The summed E-state index contributed by atoms with van der Waals surface area (Å²) < 4.78 is 13.2. The Balaban J connectivity index is 1.16. The van der Waals surface area contributed by atoms with Crippen molar-refractivity contribution in [1.29, 1.82) is 0 Å². The smallest absolute Gasteiger partial charge is 0.123 e. The zero-order chi connectivity index (χ0) is 15.6. The quantitative estimate of drug-likeness (QED) is 0.880. The minimum Gasteiger partial charge on any atom is -0.313 e. The van der Waals surface area contributed by atoms with E-state index in [1.54, 1.807) is 12.1 Å². The molecule has 0 spiro atoms. The number of rotatable bonds is 6. The van der Waals surface area contributed by atoms with Crippen LogP contribution in [0.1, 0.15) is 23.5 Å². The van der Waals surface area contributed by atoms with Crippen molar-refractivity contribution in [3.8, 4) is 0 Å². The van der Waals surface area contributed by atoms with Crippen molar-refractivity contribution in [1.82, 2.24) is 10.2 Å². The first-order valence-corrected chi connectivity index (χ1v) is 8.53. The Morgan fingerprint density at radius 3 is 2.65 bits per heavy atom. The molecule has 1 heterocycles. The molecule has 2 aliphatic rings. The first-order chi connectivity index (χ1) is 11.3. The largest absolute Gasteiger partial charge is 0.313 e. The van der Waals surface area contributed by atoms with Crippen LogP contribution in [0.4, 0.5) is 4.39 Å². The lowest BCUT2D eigenvalue weighted by Crippen LogP contribution is -2.50. The second-order valence-corrected chi connectivity index (χ2v) is 6.96. The van der Waals surface area contributed by atoms with Gasteiger partial charge in [-0.05, 0) is 35.6 Å². The first-order valence-electron chi connectivity index (χ1n) is 8.53. The average Bonchev–Trinajstić information content (AvgIpc) is 3.30. The summed E-state index contributed by atoms with van der Waals surface area (Å²) in [5.41, 5.74) is 2.54. The normalized spacial score (nSPS) is 24.4. The van der Waals surface area contributed by atoms with Crippen LogP contribution in [-0.2, 0) is 6.54 Å². The third kappa shape index (κ3) is 3.62. The summed E-state index contributed by atoms with van der Waals surface area (Å²) in [7, 11) is 0. The van der Waals surface area contributed by atoms with Gasteiger partial charge in [0.15, 0.2) is 0 Å². The van der Waals surface area contributed by atoms with E-state index in [1.165, 1.54) is 18.1 Å². The summed E-state index contributed by atoms with van der Waals surface area (Å²) in [6.07, 6.45) is 1.27. The van der Waals surface area contributed by atoms with Gasteiger partial charge in [-0.25, -0.2) is 4.39 Å². The van der Waals surface area contributed by atoms with Gasteiger partial charge in [0.1, 0.15) is 5.82 Å². The number of hydrogen-bond donors (Lipinski definition) is 1. The van der Waals surface area contributed by atoms with Gasteiger partial charge in [-0.2, -0.15) is 0 Å². The highest BCUT2D eigenvalue weighted by Crippen LogP contribution is 2.40. The van der Waals surface area contributed by atoms with E-state index in [2.05, 4.69) is 40.5 Å².